The smallest absolute Gasteiger partial charge is 0.222 e. The quantitative estimate of drug-likeness (QED) is 0.0526. The molecule has 0 aromatic carbocycles. The molecule has 4 unspecified atom stereocenters. The molecular weight excluding hydrogens is 612 g/mol. The Labute approximate surface area is 279 Å². The zero-order chi connectivity index (χ0) is 33.9. The third kappa shape index (κ3) is 14.1. The molecule has 1 fully saturated rings. The SMILES string of the molecule is COC(C)CCC(O)N(C)CCOCCOCCOCCNCCOCCNC1=CC=CC2C=NN(C3CCC(=O)N[C@H]3O)[C@@H](O)[C@@H]12. The monoisotopic (exact) mass is 670 g/mol. The molecule has 0 bridgehead atoms. The van der Waals surface area contributed by atoms with E-state index in [2.05, 4.69) is 21.1 Å². The summed E-state index contributed by atoms with van der Waals surface area (Å²) >= 11 is 0. The van der Waals surface area contributed by atoms with Crippen LogP contribution in [0.25, 0.3) is 0 Å². The number of methoxy groups -OCH3 is 1. The molecular formula is C32H58N6O9. The average molecular weight is 671 g/mol. The Hall–Kier alpha value is -2.18. The Balaban J connectivity index is 1.11. The van der Waals surface area contributed by atoms with Gasteiger partial charge >= 0.3 is 0 Å². The number of hydrogen-bond acceptors (Lipinski definition) is 14. The molecule has 1 saturated heterocycles. The average Bonchev–Trinajstić information content (AvgIpc) is 3.06. The Morgan fingerprint density at radius 2 is 1.68 bits per heavy atom. The van der Waals surface area contributed by atoms with E-state index in [1.165, 1.54) is 5.01 Å². The van der Waals surface area contributed by atoms with Gasteiger partial charge in [0.15, 0.2) is 6.23 Å². The maximum absolute atomic E-state index is 11.6. The third-order valence-corrected chi connectivity index (χ3v) is 8.52. The van der Waals surface area contributed by atoms with Gasteiger partial charge in [0, 0.05) is 57.5 Å². The number of allylic oxidation sites excluding steroid dienone is 3. The first-order valence-electron chi connectivity index (χ1n) is 16.8. The number of carbonyl (C=O) groups excluding carboxylic acids is 1. The van der Waals surface area contributed by atoms with Crippen LogP contribution < -0.4 is 16.0 Å². The Morgan fingerprint density at radius 1 is 1.02 bits per heavy atom. The standard InChI is InChI=1S/C32H58N6O9/c1-24(43-3)7-10-29(40)37(2)14-18-46-20-22-47-21-19-45-16-12-33-11-15-44-17-13-34-26-6-4-5-25-23-35-38(32(42)30(25)26)27-8-9-28(39)36-31(27)41/h4-6,23-25,27,29-34,40-42H,7-22H2,1-3H3,(H,36,39)/t24?,25?,27?,29?,30-,31+,32+/m1/s1. The lowest BCUT2D eigenvalue weighted by Gasteiger charge is -2.45. The van der Waals surface area contributed by atoms with Crippen LogP contribution in [-0.4, -0.2) is 161 Å². The van der Waals surface area contributed by atoms with Crippen LogP contribution in [0.5, 0.6) is 0 Å². The molecule has 0 aromatic heterocycles. The highest BCUT2D eigenvalue weighted by atomic mass is 16.5. The highest BCUT2D eigenvalue weighted by molar-refractivity contribution is 5.77. The fourth-order valence-electron chi connectivity index (χ4n) is 5.52. The zero-order valence-electron chi connectivity index (χ0n) is 28.3. The number of likely N-dealkylation sites (N-methyl/N-ethyl adjacent to an activating group) is 1. The second-order valence-electron chi connectivity index (χ2n) is 12.0. The first-order valence-corrected chi connectivity index (χ1v) is 16.8. The largest absolute Gasteiger partial charge is 0.386 e. The van der Waals surface area contributed by atoms with Crippen molar-refractivity contribution in [2.24, 2.45) is 16.9 Å². The van der Waals surface area contributed by atoms with Gasteiger partial charge < -0.3 is 55.0 Å². The molecule has 3 aliphatic rings. The van der Waals surface area contributed by atoms with Crippen molar-refractivity contribution in [2.45, 2.75) is 63.4 Å². The molecule has 15 nitrogen and oxygen atoms in total. The van der Waals surface area contributed by atoms with E-state index in [-0.39, 0.29) is 30.3 Å². The number of ether oxygens (including phenoxy) is 5. The normalized spacial score (nSPS) is 25.4. The number of hydrazone groups is 1. The van der Waals surface area contributed by atoms with Crippen molar-refractivity contribution in [3.05, 3.63) is 23.9 Å². The van der Waals surface area contributed by atoms with E-state index >= 15 is 0 Å². The fourth-order valence-corrected chi connectivity index (χ4v) is 5.52. The minimum absolute atomic E-state index is 0.0676. The van der Waals surface area contributed by atoms with Crippen molar-refractivity contribution >= 4 is 12.1 Å². The Morgan fingerprint density at radius 3 is 2.38 bits per heavy atom. The number of nitrogens with one attached hydrogen (secondary N) is 3. The molecule has 7 atom stereocenters. The van der Waals surface area contributed by atoms with Crippen molar-refractivity contribution in [3.63, 3.8) is 0 Å². The Kier molecular flexibility index (Phi) is 18.8. The summed E-state index contributed by atoms with van der Waals surface area (Å²) in [6.45, 7) is 8.84. The highest BCUT2D eigenvalue weighted by Crippen LogP contribution is 2.34. The van der Waals surface area contributed by atoms with Gasteiger partial charge in [0.05, 0.1) is 70.9 Å². The minimum atomic E-state index is -1.08. The molecule has 270 valence electrons. The molecule has 3 rings (SSSR count). The van der Waals surface area contributed by atoms with E-state index in [0.29, 0.717) is 91.9 Å². The van der Waals surface area contributed by atoms with Gasteiger partial charge in [-0.1, -0.05) is 12.2 Å². The number of piperidine rings is 1. The summed E-state index contributed by atoms with van der Waals surface area (Å²) in [6, 6.07) is -0.488. The van der Waals surface area contributed by atoms with Crippen LogP contribution in [0, 0.1) is 11.8 Å². The summed E-state index contributed by atoms with van der Waals surface area (Å²) in [5.74, 6) is -0.533. The van der Waals surface area contributed by atoms with Crippen LogP contribution >= 0.6 is 0 Å². The van der Waals surface area contributed by atoms with Crippen LogP contribution in [-0.2, 0) is 28.5 Å². The number of fused-ring (bicyclic) bond motifs is 1. The van der Waals surface area contributed by atoms with Crippen molar-refractivity contribution < 1.29 is 43.8 Å². The molecule has 2 aliphatic heterocycles. The van der Waals surface area contributed by atoms with E-state index in [1.54, 1.807) is 13.3 Å². The van der Waals surface area contributed by atoms with Crippen molar-refractivity contribution in [1.29, 1.82) is 0 Å². The van der Waals surface area contributed by atoms with E-state index in [1.807, 2.05) is 37.1 Å². The molecule has 1 aliphatic carbocycles. The maximum Gasteiger partial charge on any atom is 0.222 e. The summed E-state index contributed by atoms with van der Waals surface area (Å²) in [4.78, 5) is 13.5. The predicted octanol–water partition coefficient (Wildman–Crippen LogP) is -0.800. The number of carbonyl (C=O) groups is 1. The van der Waals surface area contributed by atoms with Crippen LogP contribution in [0.3, 0.4) is 0 Å². The topological polar surface area (TPSA) is 179 Å². The molecule has 1 amide bonds. The summed E-state index contributed by atoms with van der Waals surface area (Å²) < 4.78 is 27.7. The minimum Gasteiger partial charge on any atom is -0.386 e. The van der Waals surface area contributed by atoms with Crippen LogP contribution in [0.4, 0.5) is 0 Å². The lowest BCUT2D eigenvalue weighted by atomic mass is 9.83. The molecule has 0 radical (unpaired) electrons. The Bertz CT molecular complexity index is 973. The number of rotatable bonds is 25. The van der Waals surface area contributed by atoms with Gasteiger partial charge in [-0.25, -0.2) is 0 Å². The highest BCUT2D eigenvalue weighted by Gasteiger charge is 2.43. The van der Waals surface area contributed by atoms with Gasteiger partial charge in [-0.2, -0.15) is 5.10 Å². The van der Waals surface area contributed by atoms with Gasteiger partial charge in [-0.15, -0.1) is 0 Å². The third-order valence-electron chi connectivity index (χ3n) is 8.52. The summed E-state index contributed by atoms with van der Waals surface area (Å²) in [5, 5.41) is 46.8. The molecule has 0 saturated carbocycles. The maximum atomic E-state index is 11.6. The van der Waals surface area contributed by atoms with Gasteiger partial charge in [-0.3, -0.25) is 14.7 Å². The second kappa shape index (κ2) is 22.5. The molecule has 15 heteroatoms. The molecule has 2 heterocycles. The number of hydrogen-bond donors (Lipinski definition) is 6. The lowest BCUT2D eigenvalue weighted by Crippen LogP contribution is -2.60. The number of aliphatic hydroxyl groups excluding tert-OH is 3. The molecule has 6 N–H and O–H groups in total. The van der Waals surface area contributed by atoms with E-state index in [9.17, 15) is 20.1 Å². The summed E-state index contributed by atoms with van der Waals surface area (Å²) in [5.41, 5.74) is 0.884. The van der Waals surface area contributed by atoms with E-state index in [0.717, 1.165) is 12.1 Å². The van der Waals surface area contributed by atoms with Gasteiger partial charge in [-0.05, 0) is 39.3 Å². The van der Waals surface area contributed by atoms with Crippen molar-refractivity contribution in [1.82, 2.24) is 25.9 Å². The summed E-state index contributed by atoms with van der Waals surface area (Å²) in [7, 11) is 3.56. The van der Waals surface area contributed by atoms with Gasteiger partial charge in [0.1, 0.15) is 12.5 Å². The second-order valence-corrected chi connectivity index (χ2v) is 12.0. The van der Waals surface area contributed by atoms with Crippen LogP contribution in [0.15, 0.2) is 29.0 Å². The number of nitrogens with zero attached hydrogens (tertiary/aromatic N) is 3. The fraction of sp³-hybridized carbons (Fsp3) is 0.812. The zero-order valence-corrected chi connectivity index (χ0v) is 28.3. The molecule has 0 spiro atoms. The molecule has 0 aromatic rings. The first-order chi connectivity index (χ1) is 22.8. The van der Waals surface area contributed by atoms with Crippen molar-refractivity contribution in [3.8, 4) is 0 Å². The van der Waals surface area contributed by atoms with Gasteiger partial charge in [0.25, 0.3) is 0 Å². The van der Waals surface area contributed by atoms with Gasteiger partial charge in [0.2, 0.25) is 5.91 Å². The van der Waals surface area contributed by atoms with E-state index < -0.39 is 24.7 Å². The van der Waals surface area contributed by atoms with Crippen molar-refractivity contribution in [2.75, 3.05) is 93.2 Å². The number of amides is 1. The summed E-state index contributed by atoms with van der Waals surface area (Å²) in [6.07, 6.45) is 7.47. The lowest BCUT2D eigenvalue weighted by molar-refractivity contribution is -0.140. The van der Waals surface area contributed by atoms with Crippen LogP contribution in [0.2, 0.25) is 0 Å². The van der Waals surface area contributed by atoms with E-state index in [4.69, 9.17) is 23.7 Å². The van der Waals surface area contributed by atoms with Crippen LogP contribution in [0.1, 0.15) is 32.6 Å². The predicted molar refractivity (Wildman–Crippen MR) is 176 cm³/mol. The first kappa shape index (κ1) is 39.3. The number of aliphatic hydroxyl groups is 3. The molecule has 47 heavy (non-hydrogen) atoms.